The van der Waals surface area contributed by atoms with E-state index in [0.29, 0.717) is 22.8 Å². The molecule has 0 saturated carbocycles. The van der Waals surface area contributed by atoms with Gasteiger partial charge in [0.15, 0.2) is 0 Å². The van der Waals surface area contributed by atoms with Crippen LogP contribution in [0.4, 0.5) is 0 Å². The van der Waals surface area contributed by atoms with E-state index in [4.69, 9.17) is 11.6 Å². The number of hydrogen-bond donors (Lipinski definition) is 1. The van der Waals surface area contributed by atoms with Gasteiger partial charge in [-0.05, 0) is 12.1 Å². The van der Waals surface area contributed by atoms with Crippen molar-refractivity contribution in [3.05, 3.63) is 57.6 Å². The lowest BCUT2D eigenvalue weighted by Gasteiger charge is -2.15. The fourth-order valence-electron chi connectivity index (χ4n) is 2.15. The summed E-state index contributed by atoms with van der Waals surface area (Å²) in [5, 5.41) is 9.41. The molecule has 0 radical (unpaired) electrons. The third-order valence-electron chi connectivity index (χ3n) is 3.21. The van der Waals surface area contributed by atoms with E-state index in [0.717, 1.165) is 11.3 Å². The lowest BCUT2D eigenvalue weighted by atomic mass is 10.1. The number of amides is 1. The fourth-order valence-corrected chi connectivity index (χ4v) is 2.89. The summed E-state index contributed by atoms with van der Waals surface area (Å²) >= 11 is 7.52. The van der Waals surface area contributed by atoms with E-state index in [-0.39, 0.29) is 5.91 Å². The Morgan fingerprint density at radius 2 is 2.32 bits per heavy atom. The van der Waals surface area contributed by atoms with Crippen LogP contribution in [-0.4, -0.2) is 33.0 Å². The molecule has 22 heavy (non-hydrogen) atoms. The van der Waals surface area contributed by atoms with E-state index in [1.54, 1.807) is 29.6 Å². The van der Waals surface area contributed by atoms with E-state index in [9.17, 15) is 4.79 Å². The molecule has 112 valence electrons. The molecule has 0 unspecified atom stereocenters. The van der Waals surface area contributed by atoms with Crippen molar-refractivity contribution in [3.8, 4) is 11.3 Å². The van der Waals surface area contributed by atoms with Crippen LogP contribution in [0, 0.1) is 0 Å². The summed E-state index contributed by atoms with van der Waals surface area (Å²) in [6.07, 6.45) is 1.54. The zero-order chi connectivity index (χ0) is 15.5. The Labute approximate surface area is 136 Å². The second-order valence-corrected chi connectivity index (χ2v) is 5.97. The molecule has 2 aromatic heterocycles. The zero-order valence-electron chi connectivity index (χ0n) is 11.8. The minimum absolute atomic E-state index is 0.114. The van der Waals surface area contributed by atoms with Crippen LogP contribution in [-0.2, 0) is 6.54 Å². The van der Waals surface area contributed by atoms with Crippen LogP contribution in [0.3, 0.4) is 0 Å². The number of hydrogen-bond acceptors (Lipinski definition) is 4. The maximum absolute atomic E-state index is 12.6. The largest absolute Gasteiger partial charge is 0.336 e. The van der Waals surface area contributed by atoms with E-state index in [1.165, 1.54) is 17.5 Å². The van der Waals surface area contributed by atoms with Gasteiger partial charge < -0.3 is 4.90 Å². The lowest BCUT2D eigenvalue weighted by Crippen LogP contribution is -2.26. The van der Waals surface area contributed by atoms with Gasteiger partial charge in [-0.1, -0.05) is 23.7 Å². The van der Waals surface area contributed by atoms with E-state index in [2.05, 4.69) is 15.2 Å². The summed E-state index contributed by atoms with van der Waals surface area (Å²) in [6, 6.07) is 7.31. The van der Waals surface area contributed by atoms with Crippen LogP contribution in [0.2, 0.25) is 5.02 Å². The molecule has 1 aromatic carbocycles. The summed E-state index contributed by atoms with van der Waals surface area (Å²) in [4.78, 5) is 18.4. The molecule has 1 amide bonds. The van der Waals surface area contributed by atoms with Crippen molar-refractivity contribution >= 4 is 28.8 Å². The maximum Gasteiger partial charge on any atom is 0.257 e. The molecule has 3 aromatic rings. The summed E-state index contributed by atoms with van der Waals surface area (Å²) in [6.45, 7) is 0.461. The second kappa shape index (κ2) is 6.29. The summed E-state index contributed by atoms with van der Waals surface area (Å²) < 4.78 is 0. The van der Waals surface area contributed by atoms with Crippen LogP contribution in [0.25, 0.3) is 11.3 Å². The Kier molecular flexibility index (Phi) is 4.22. The van der Waals surface area contributed by atoms with Crippen LogP contribution in [0.15, 0.2) is 41.4 Å². The predicted molar refractivity (Wildman–Crippen MR) is 86.9 cm³/mol. The van der Waals surface area contributed by atoms with Gasteiger partial charge in [0, 0.05) is 23.0 Å². The molecule has 3 rings (SSSR count). The van der Waals surface area contributed by atoms with Crippen LogP contribution >= 0.6 is 22.9 Å². The number of nitrogens with one attached hydrogen (secondary N) is 1. The van der Waals surface area contributed by atoms with Gasteiger partial charge >= 0.3 is 0 Å². The highest BCUT2D eigenvalue weighted by atomic mass is 35.5. The number of H-pyrrole nitrogens is 1. The normalized spacial score (nSPS) is 10.6. The van der Waals surface area contributed by atoms with Crippen molar-refractivity contribution in [1.82, 2.24) is 20.1 Å². The number of aromatic nitrogens is 3. The number of carbonyl (C=O) groups excluding carboxylic acids is 1. The first kappa shape index (κ1) is 14.7. The molecule has 0 atom stereocenters. The van der Waals surface area contributed by atoms with Gasteiger partial charge in [0.2, 0.25) is 0 Å². The predicted octanol–water partition coefficient (Wildman–Crippen LogP) is 3.46. The summed E-state index contributed by atoms with van der Waals surface area (Å²) in [5.74, 6) is -0.114. The highest BCUT2D eigenvalue weighted by molar-refractivity contribution is 7.07. The molecular formula is C15H13ClN4OS. The Morgan fingerprint density at radius 1 is 1.45 bits per heavy atom. The number of thiazole rings is 1. The standard InChI is InChI=1S/C15H13ClN4OS/c1-20(7-12-8-22-9-17-12)15(21)13-6-18-19-14(13)10-3-2-4-11(16)5-10/h2-6,8-9H,7H2,1H3,(H,18,19). The second-order valence-electron chi connectivity index (χ2n) is 4.81. The number of rotatable bonds is 4. The van der Waals surface area contributed by atoms with Crippen LogP contribution in [0.5, 0.6) is 0 Å². The average Bonchev–Trinajstić information content (AvgIpc) is 3.17. The van der Waals surface area contributed by atoms with Gasteiger partial charge in [-0.25, -0.2) is 4.98 Å². The third kappa shape index (κ3) is 3.03. The molecule has 0 fully saturated rings. The zero-order valence-corrected chi connectivity index (χ0v) is 13.4. The number of benzene rings is 1. The molecule has 0 aliphatic rings. The molecular weight excluding hydrogens is 320 g/mol. The first-order chi connectivity index (χ1) is 10.6. The third-order valence-corrected chi connectivity index (χ3v) is 4.08. The highest BCUT2D eigenvalue weighted by Crippen LogP contribution is 2.25. The van der Waals surface area contributed by atoms with E-state index < -0.39 is 0 Å². The fraction of sp³-hybridized carbons (Fsp3) is 0.133. The Morgan fingerprint density at radius 3 is 3.05 bits per heavy atom. The van der Waals surface area contributed by atoms with Crippen LogP contribution < -0.4 is 0 Å². The minimum atomic E-state index is -0.114. The van der Waals surface area contributed by atoms with Crippen molar-refractivity contribution in [1.29, 1.82) is 0 Å². The maximum atomic E-state index is 12.6. The average molecular weight is 333 g/mol. The number of nitrogens with zero attached hydrogens (tertiary/aromatic N) is 3. The van der Waals surface area contributed by atoms with E-state index in [1.807, 2.05) is 17.5 Å². The molecule has 0 aliphatic heterocycles. The van der Waals surface area contributed by atoms with Gasteiger partial charge in [0.25, 0.3) is 5.91 Å². The summed E-state index contributed by atoms with van der Waals surface area (Å²) in [7, 11) is 1.75. The van der Waals surface area contributed by atoms with E-state index >= 15 is 0 Å². The molecule has 2 heterocycles. The lowest BCUT2D eigenvalue weighted by molar-refractivity contribution is 0.0784. The van der Waals surface area contributed by atoms with Gasteiger partial charge in [-0.2, -0.15) is 5.10 Å². The first-order valence-electron chi connectivity index (χ1n) is 6.57. The Balaban J connectivity index is 1.86. The molecule has 0 aliphatic carbocycles. The summed E-state index contributed by atoms with van der Waals surface area (Å²) in [5.41, 5.74) is 4.63. The molecule has 1 N–H and O–H groups in total. The van der Waals surface area contributed by atoms with Crippen molar-refractivity contribution in [2.24, 2.45) is 0 Å². The minimum Gasteiger partial charge on any atom is -0.336 e. The van der Waals surface area contributed by atoms with Gasteiger partial charge in [-0.15, -0.1) is 11.3 Å². The topological polar surface area (TPSA) is 61.9 Å². The SMILES string of the molecule is CN(Cc1cscn1)C(=O)c1cn[nH]c1-c1cccc(Cl)c1. The van der Waals surface area contributed by atoms with Crippen molar-refractivity contribution in [2.75, 3.05) is 7.05 Å². The Hall–Kier alpha value is -2.18. The molecule has 0 saturated heterocycles. The van der Waals surface area contributed by atoms with Crippen molar-refractivity contribution in [2.45, 2.75) is 6.54 Å². The first-order valence-corrected chi connectivity index (χ1v) is 7.89. The number of carbonyl (C=O) groups is 1. The Bertz CT molecular complexity index is 784. The van der Waals surface area contributed by atoms with Crippen molar-refractivity contribution < 1.29 is 4.79 Å². The number of halogens is 1. The van der Waals surface area contributed by atoms with Crippen LogP contribution in [0.1, 0.15) is 16.1 Å². The highest BCUT2D eigenvalue weighted by Gasteiger charge is 2.19. The molecule has 7 heteroatoms. The molecule has 5 nitrogen and oxygen atoms in total. The van der Waals surface area contributed by atoms with Crippen molar-refractivity contribution in [3.63, 3.8) is 0 Å². The van der Waals surface area contributed by atoms with Gasteiger partial charge in [0.05, 0.1) is 35.2 Å². The number of aromatic amines is 1. The molecule has 0 spiro atoms. The smallest absolute Gasteiger partial charge is 0.257 e. The van der Waals surface area contributed by atoms with Gasteiger partial charge in [-0.3, -0.25) is 9.89 Å². The monoisotopic (exact) mass is 332 g/mol. The van der Waals surface area contributed by atoms with Gasteiger partial charge in [0.1, 0.15) is 0 Å². The molecule has 0 bridgehead atoms. The quantitative estimate of drug-likeness (QED) is 0.795.